The van der Waals surface area contributed by atoms with Crippen LogP contribution in [0.5, 0.6) is 0 Å². The highest BCUT2D eigenvalue weighted by Gasteiger charge is 2.45. The second-order valence-corrected chi connectivity index (χ2v) is 9.78. The maximum absolute atomic E-state index is 13.4. The summed E-state index contributed by atoms with van der Waals surface area (Å²) in [4.78, 5) is 32.1. The van der Waals surface area contributed by atoms with Gasteiger partial charge in [0.1, 0.15) is 0 Å². The molecule has 3 aliphatic rings. The third-order valence-electron chi connectivity index (χ3n) is 7.08. The number of benzene rings is 1. The van der Waals surface area contributed by atoms with Crippen molar-refractivity contribution in [1.29, 1.82) is 0 Å². The molecular weight excluding hydrogens is 402 g/mol. The first-order valence-electron chi connectivity index (χ1n) is 11.0. The molecule has 0 N–H and O–H groups in total. The Labute approximate surface area is 184 Å². The zero-order valence-electron chi connectivity index (χ0n) is 18.0. The van der Waals surface area contributed by atoms with Gasteiger partial charge in [-0.05, 0) is 36.0 Å². The van der Waals surface area contributed by atoms with Crippen LogP contribution < -0.4 is 0 Å². The van der Waals surface area contributed by atoms with Crippen LogP contribution in [-0.2, 0) is 14.3 Å². The lowest BCUT2D eigenvalue weighted by Crippen LogP contribution is -2.50. The summed E-state index contributed by atoms with van der Waals surface area (Å²) in [6.07, 6.45) is 2.26. The Kier molecular flexibility index (Phi) is 6.37. The van der Waals surface area contributed by atoms with Gasteiger partial charge < -0.3 is 14.5 Å². The van der Waals surface area contributed by atoms with Gasteiger partial charge in [0, 0.05) is 51.2 Å². The second-order valence-electron chi connectivity index (χ2n) is 9.34. The molecule has 1 aromatic carbocycles. The highest BCUT2D eigenvalue weighted by molar-refractivity contribution is 6.30. The standard InChI is InChI=1S/C23H32ClN3O3/c1-23(16-26-10-12-30-13-11-26)6-8-27(9-7-23)22(29)19-15-20(28)25(2)21(19)17-4-3-5-18(24)14-17/h3-5,14,19,21H,6-13,15-16H2,1-2H3. The Hall–Kier alpha value is -1.63. The normalized spacial score (nSPS) is 27.5. The maximum atomic E-state index is 13.4. The van der Waals surface area contributed by atoms with Crippen molar-refractivity contribution in [2.45, 2.75) is 32.2 Å². The van der Waals surface area contributed by atoms with Crippen molar-refractivity contribution in [2.75, 3.05) is 53.0 Å². The Morgan fingerprint density at radius 3 is 2.57 bits per heavy atom. The topological polar surface area (TPSA) is 53.1 Å². The highest BCUT2D eigenvalue weighted by atomic mass is 35.5. The first-order chi connectivity index (χ1) is 14.4. The van der Waals surface area contributed by atoms with Crippen molar-refractivity contribution >= 4 is 23.4 Å². The maximum Gasteiger partial charge on any atom is 0.228 e. The number of amides is 2. The quantitative estimate of drug-likeness (QED) is 0.732. The zero-order valence-corrected chi connectivity index (χ0v) is 18.7. The summed E-state index contributed by atoms with van der Waals surface area (Å²) in [7, 11) is 1.79. The van der Waals surface area contributed by atoms with Gasteiger partial charge >= 0.3 is 0 Å². The largest absolute Gasteiger partial charge is 0.379 e. The van der Waals surface area contributed by atoms with Gasteiger partial charge in [0.25, 0.3) is 0 Å². The monoisotopic (exact) mass is 433 g/mol. The lowest BCUT2D eigenvalue weighted by molar-refractivity contribution is -0.139. The summed E-state index contributed by atoms with van der Waals surface area (Å²) in [6.45, 7) is 8.54. The minimum Gasteiger partial charge on any atom is -0.379 e. The number of hydrogen-bond acceptors (Lipinski definition) is 4. The molecule has 4 rings (SSSR count). The number of carbonyl (C=O) groups is 2. The van der Waals surface area contributed by atoms with E-state index in [0.29, 0.717) is 5.02 Å². The van der Waals surface area contributed by atoms with Crippen LogP contribution in [0, 0.1) is 11.3 Å². The van der Waals surface area contributed by atoms with E-state index in [1.54, 1.807) is 11.9 Å². The summed E-state index contributed by atoms with van der Waals surface area (Å²) in [5.74, 6) is -0.219. The van der Waals surface area contributed by atoms with Crippen molar-refractivity contribution in [3.8, 4) is 0 Å². The smallest absolute Gasteiger partial charge is 0.228 e. The molecule has 0 saturated carbocycles. The average Bonchev–Trinajstić information content (AvgIpc) is 3.03. The minimum atomic E-state index is -0.343. The molecule has 0 aliphatic carbocycles. The van der Waals surface area contributed by atoms with Gasteiger partial charge in [0.15, 0.2) is 0 Å². The number of nitrogens with zero attached hydrogens (tertiary/aromatic N) is 3. The lowest BCUT2D eigenvalue weighted by Gasteiger charge is -2.43. The van der Waals surface area contributed by atoms with Crippen LogP contribution >= 0.6 is 11.6 Å². The van der Waals surface area contributed by atoms with E-state index < -0.39 is 0 Å². The van der Waals surface area contributed by atoms with Gasteiger partial charge in [-0.25, -0.2) is 0 Å². The van der Waals surface area contributed by atoms with Crippen LogP contribution in [0.15, 0.2) is 24.3 Å². The van der Waals surface area contributed by atoms with Crippen LogP contribution in [-0.4, -0.2) is 79.5 Å². The number of ether oxygens (including phenoxy) is 1. The van der Waals surface area contributed by atoms with E-state index in [1.807, 2.05) is 29.2 Å². The molecule has 3 heterocycles. The summed E-state index contributed by atoms with van der Waals surface area (Å²) >= 11 is 6.18. The van der Waals surface area contributed by atoms with E-state index in [1.165, 1.54) is 0 Å². The van der Waals surface area contributed by atoms with Crippen molar-refractivity contribution in [1.82, 2.24) is 14.7 Å². The number of halogens is 1. The predicted octanol–water partition coefficient (Wildman–Crippen LogP) is 2.82. The molecule has 0 aromatic heterocycles. The third kappa shape index (κ3) is 4.51. The van der Waals surface area contributed by atoms with E-state index >= 15 is 0 Å². The van der Waals surface area contributed by atoms with E-state index in [4.69, 9.17) is 16.3 Å². The first-order valence-corrected chi connectivity index (χ1v) is 11.3. The molecule has 6 nitrogen and oxygen atoms in total. The molecular formula is C23H32ClN3O3. The number of likely N-dealkylation sites (tertiary alicyclic amines) is 2. The Balaban J connectivity index is 1.42. The molecule has 30 heavy (non-hydrogen) atoms. The van der Waals surface area contributed by atoms with Gasteiger partial charge in [-0.15, -0.1) is 0 Å². The average molecular weight is 434 g/mol. The number of morpholine rings is 1. The fraction of sp³-hybridized carbons (Fsp3) is 0.652. The molecule has 3 aliphatic heterocycles. The Morgan fingerprint density at radius 1 is 1.20 bits per heavy atom. The molecule has 2 amide bonds. The fourth-order valence-electron chi connectivity index (χ4n) is 5.20. The SMILES string of the molecule is CN1C(=O)CC(C(=O)N2CCC(C)(CN3CCOCC3)CC2)C1c1cccc(Cl)c1. The molecule has 1 aromatic rings. The zero-order chi connectivity index (χ0) is 21.3. The van der Waals surface area contributed by atoms with E-state index in [2.05, 4.69) is 11.8 Å². The van der Waals surface area contributed by atoms with Crippen LogP contribution in [0.4, 0.5) is 0 Å². The molecule has 3 fully saturated rings. The van der Waals surface area contributed by atoms with Crippen molar-refractivity contribution in [2.24, 2.45) is 11.3 Å². The minimum absolute atomic E-state index is 0.0208. The number of hydrogen-bond donors (Lipinski definition) is 0. The number of rotatable bonds is 4. The third-order valence-corrected chi connectivity index (χ3v) is 7.32. The van der Waals surface area contributed by atoms with Crippen LogP contribution in [0.3, 0.4) is 0 Å². The molecule has 2 atom stereocenters. The summed E-state index contributed by atoms with van der Waals surface area (Å²) < 4.78 is 5.46. The predicted molar refractivity (Wildman–Crippen MR) is 116 cm³/mol. The molecule has 7 heteroatoms. The van der Waals surface area contributed by atoms with Gasteiger partial charge in [-0.2, -0.15) is 0 Å². The highest BCUT2D eigenvalue weighted by Crippen LogP contribution is 2.40. The van der Waals surface area contributed by atoms with Crippen LogP contribution in [0.25, 0.3) is 0 Å². The number of carbonyl (C=O) groups excluding carboxylic acids is 2. The number of piperidine rings is 1. The van der Waals surface area contributed by atoms with Crippen molar-refractivity contribution in [3.05, 3.63) is 34.9 Å². The second kappa shape index (κ2) is 8.85. The molecule has 164 valence electrons. The van der Waals surface area contributed by atoms with Gasteiger partial charge in [-0.1, -0.05) is 30.7 Å². The molecule has 3 saturated heterocycles. The van der Waals surface area contributed by atoms with Crippen molar-refractivity contribution < 1.29 is 14.3 Å². The molecule has 2 unspecified atom stereocenters. The van der Waals surface area contributed by atoms with Crippen LogP contribution in [0.1, 0.15) is 37.8 Å². The van der Waals surface area contributed by atoms with E-state index in [0.717, 1.165) is 64.3 Å². The van der Waals surface area contributed by atoms with Crippen LogP contribution in [0.2, 0.25) is 5.02 Å². The molecule has 0 bridgehead atoms. The first kappa shape index (κ1) is 21.6. The molecule has 0 spiro atoms. The Morgan fingerprint density at radius 2 is 1.90 bits per heavy atom. The van der Waals surface area contributed by atoms with Crippen molar-refractivity contribution in [3.63, 3.8) is 0 Å². The molecule has 0 radical (unpaired) electrons. The van der Waals surface area contributed by atoms with Gasteiger partial charge in [0.2, 0.25) is 11.8 Å². The van der Waals surface area contributed by atoms with Gasteiger partial charge in [0.05, 0.1) is 25.2 Å². The van der Waals surface area contributed by atoms with Gasteiger partial charge in [-0.3, -0.25) is 14.5 Å². The summed E-state index contributed by atoms with van der Waals surface area (Å²) in [5.41, 5.74) is 1.16. The Bertz CT molecular complexity index is 788. The van der Waals surface area contributed by atoms with E-state index in [-0.39, 0.29) is 35.6 Å². The summed E-state index contributed by atoms with van der Waals surface area (Å²) in [5, 5.41) is 0.628. The summed E-state index contributed by atoms with van der Waals surface area (Å²) in [6, 6.07) is 7.29. The van der Waals surface area contributed by atoms with E-state index in [9.17, 15) is 9.59 Å². The lowest BCUT2D eigenvalue weighted by atomic mass is 9.79. The fourth-order valence-corrected chi connectivity index (χ4v) is 5.40.